The molecule has 0 saturated carbocycles. The highest BCUT2D eigenvalue weighted by molar-refractivity contribution is 7.89. The Bertz CT molecular complexity index is 781. The Labute approximate surface area is 160 Å². The van der Waals surface area contributed by atoms with Crippen LogP contribution < -0.4 is 5.32 Å². The van der Waals surface area contributed by atoms with Crippen molar-refractivity contribution in [3.63, 3.8) is 0 Å². The topological polar surface area (TPSA) is 95.8 Å². The first-order valence-corrected chi connectivity index (χ1v) is 9.96. The standard InChI is InChI=1S/C16H24N4O4S.ClH/c1-12-3-4-13(2)16(15(12)20(21)22)25(23,24)19-8-5-14(11-19)18-9-6-17-7-10-18;/h3-4,14,17H,5-11H2,1-2H3;1H. The third kappa shape index (κ3) is 3.86. The Morgan fingerprint density at radius 3 is 2.38 bits per heavy atom. The molecule has 0 aliphatic carbocycles. The number of piperazine rings is 1. The van der Waals surface area contributed by atoms with Crippen molar-refractivity contribution in [2.75, 3.05) is 39.3 Å². The average molecular weight is 405 g/mol. The second-order valence-corrected chi connectivity index (χ2v) is 8.60. The lowest BCUT2D eigenvalue weighted by molar-refractivity contribution is -0.388. The lowest BCUT2D eigenvalue weighted by Gasteiger charge is -2.32. The molecule has 2 fully saturated rings. The van der Waals surface area contributed by atoms with Gasteiger partial charge in [0.05, 0.1) is 4.92 Å². The van der Waals surface area contributed by atoms with Crippen LogP contribution in [0.25, 0.3) is 0 Å². The summed E-state index contributed by atoms with van der Waals surface area (Å²) in [5.74, 6) is 0. The molecule has 0 aromatic heterocycles. The third-order valence-corrected chi connectivity index (χ3v) is 7.15. The fraction of sp³-hybridized carbons (Fsp3) is 0.625. The summed E-state index contributed by atoms with van der Waals surface area (Å²) in [6, 6.07) is 3.42. The molecule has 0 amide bonds. The Balaban J connectivity index is 0.00000243. The lowest BCUT2D eigenvalue weighted by atomic mass is 10.1. The van der Waals surface area contributed by atoms with Gasteiger partial charge in [-0.15, -0.1) is 12.4 Å². The van der Waals surface area contributed by atoms with E-state index in [4.69, 9.17) is 0 Å². The van der Waals surface area contributed by atoms with Gasteiger partial charge in [0.15, 0.2) is 4.90 Å². The first-order valence-electron chi connectivity index (χ1n) is 8.52. The zero-order chi connectivity index (χ0) is 18.2. The normalized spacial score (nSPS) is 22.2. The van der Waals surface area contributed by atoms with Crippen molar-refractivity contribution in [3.05, 3.63) is 33.4 Å². The molecule has 1 unspecified atom stereocenters. The van der Waals surface area contributed by atoms with E-state index in [2.05, 4.69) is 10.2 Å². The molecule has 8 nitrogen and oxygen atoms in total. The maximum atomic E-state index is 13.2. The van der Waals surface area contributed by atoms with E-state index < -0.39 is 14.9 Å². The molecule has 1 atom stereocenters. The molecule has 3 rings (SSSR count). The molecule has 2 aliphatic heterocycles. The van der Waals surface area contributed by atoms with Crippen molar-refractivity contribution in [1.82, 2.24) is 14.5 Å². The molecule has 2 heterocycles. The molecule has 0 spiro atoms. The Morgan fingerprint density at radius 2 is 1.77 bits per heavy atom. The van der Waals surface area contributed by atoms with E-state index in [0.29, 0.717) is 24.2 Å². The van der Waals surface area contributed by atoms with Gasteiger partial charge in [0.1, 0.15) is 0 Å². The van der Waals surface area contributed by atoms with Gasteiger partial charge in [-0.25, -0.2) is 8.42 Å². The van der Waals surface area contributed by atoms with Crippen LogP contribution in [0.1, 0.15) is 17.5 Å². The molecule has 1 N–H and O–H groups in total. The van der Waals surface area contributed by atoms with Gasteiger partial charge in [-0.05, 0) is 25.8 Å². The van der Waals surface area contributed by atoms with E-state index in [-0.39, 0.29) is 29.0 Å². The number of hydrogen-bond acceptors (Lipinski definition) is 6. The molecular weight excluding hydrogens is 380 g/mol. The Hall–Kier alpha value is -1.26. The van der Waals surface area contributed by atoms with Gasteiger partial charge >= 0.3 is 0 Å². The number of benzene rings is 1. The van der Waals surface area contributed by atoms with Crippen molar-refractivity contribution in [2.45, 2.75) is 31.2 Å². The van der Waals surface area contributed by atoms with Crippen molar-refractivity contribution in [2.24, 2.45) is 0 Å². The van der Waals surface area contributed by atoms with Crippen LogP contribution in [-0.2, 0) is 10.0 Å². The number of hydrogen-bond donors (Lipinski definition) is 1. The predicted octanol–water partition coefficient (Wildman–Crippen LogP) is 1.30. The Morgan fingerprint density at radius 1 is 1.15 bits per heavy atom. The highest BCUT2D eigenvalue weighted by Gasteiger charge is 2.40. The van der Waals surface area contributed by atoms with E-state index >= 15 is 0 Å². The van der Waals surface area contributed by atoms with Crippen LogP contribution in [0, 0.1) is 24.0 Å². The SMILES string of the molecule is Cc1ccc(C)c(S(=O)(=O)N2CCC(N3CCNCC3)C2)c1[N+](=O)[O-].Cl. The van der Waals surface area contributed by atoms with Crippen LogP contribution in [0.15, 0.2) is 17.0 Å². The van der Waals surface area contributed by atoms with Crippen LogP contribution in [0.5, 0.6) is 0 Å². The summed E-state index contributed by atoms with van der Waals surface area (Å²) in [6.45, 7) is 7.61. The van der Waals surface area contributed by atoms with Crippen molar-refractivity contribution < 1.29 is 13.3 Å². The van der Waals surface area contributed by atoms with E-state index in [1.807, 2.05) is 0 Å². The highest BCUT2D eigenvalue weighted by Crippen LogP contribution is 2.34. The van der Waals surface area contributed by atoms with E-state index in [0.717, 1.165) is 32.6 Å². The zero-order valence-corrected chi connectivity index (χ0v) is 16.6. The van der Waals surface area contributed by atoms with Crippen molar-refractivity contribution in [3.8, 4) is 0 Å². The Kier molecular flexibility index (Phi) is 6.62. The molecule has 1 aromatic carbocycles. The quantitative estimate of drug-likeness (QED) is 0.600. The number of aryl methyl sites for hydroxylation is 2. The molecule has 10 heteroatoms. The van der Waals surface area contributed by atoms with E-state index in [9.17, 15) is 18.5 Å². The van der Waals surface area contributed by atoms with Gasteiger partial charge in [0.2, 0.25) is 10.0 Å². The van der Waals surface area contributed by atoms with Crippen LogP contribution >= 0.6 is 12.4 Å². The molecule has 146 valence electrons. The first-order chi connectivity index (χ1) is 11.8. The maximum absolute atomic E-state index is 13.2. The molecular formula is C16H25ClN4O4S. The van der Waals surface area contributed by atoms with Gasteiger partial charge in [-0.1, -0.05) is 12.1 Å². The summed E-state index contributed by atoms with van der Waals surface area (Å²) in [5.41, 5.74) is 0.487. The number of nitro groups is 1. The van der Waals surface area contributed by atoms with Crippen LogP contribution in [0.4, 0.5) is 5.69 Å². The molecule has 0 radical (unpaired) electrons. The summed E-state index contributed by atoms with van der Waals surface area (Å²) in [7, 11) is -3.89. The number of rotatable bonds is 4. The van der Waals surface area contributed by atoms with Gasteiger partial charge in [-0.2, -0.15) is 4.31 Å². The number of nitro benzene ring substituents is 1. The van der Waals surface area contributed by atoms with Crippen molar-refractivity contribution in [1.29, 1.82) is 0 Å². The van der Waals surface area contributed by atoms with Crippen LogP contribution in [0.3, 0.4) is 0 Å². The fourth-order valence-corrected chi connectivity index (χ4v) is 5.65. The highest BCUT2D eigenvalue weighted by atomic mass is 35.5. The summed E-state index contributed by atoms with van der Waals surface area (Å²) < 4.78 is 27.7. The van der Waals surface area contributed by atoms with Gasteiger partial charge < -0.3 is 5.32 Å². The number of halogens is 1. The number of sulfonamides is 1. The third-order valence-electron chi connectivity index (χ3n) is 5.10. The second-order valence-electron chi connectivity index (χ2n) is 6.73. The first kappa shape index (κ1) is 21.0. The largest absolute Gasteiger partial charge is 0.314 e. The van der Waals surface area contributed by atoms with Gasteiger partial charge in [0.25, 0.3) is 5.69 Å². The fourth-order valence-electron chi connectivity index (χ4n) is 3.73. The number of nitrogens with zero attached hydrogens (tertiary/aromatic N) is 3. The van der Waals surface area contributed by atoms with Gasteiger partial charge in [-0.3, -0.25) is 15.0 Å². The van der Waals surface area contributed by atoms with Crippen LogP contribution in [0.2, 0.25) is 0 Å². The summed E-state index contributed by atoms with van der Waals surface area (Å²) in [6.07, 6.45) is 0.762. The zero-order valence-electron chi connectivity index (χ0n) is 15.0. The van der Waals surface area contributed by atoms with Crippen molar-refractivity contribution >= 4 is 28.1 Å². The molecule has 2 aliphatic rings. The van der Waals surface area contributed by atoms with E-state index in [1.54, 1.807) is 26.0 Å². The molecule has 0 bridgehead atoms. The second kappa shape index (κ2) is 8.18. The monoisotopic (exact) mass is 404 g/mol. The van der Waals surface area contributed by atoms with E-state index in [1.165, 1.54) is 4.31 Å². The molecule has 1 aromatic rings. The average Bonchev–Trinajstić information content (AvgIpc) is 3.08. The minimum atomic E-state index is -3.89. The minimum absolute atomic E-state index is 0. The molecule has 2 saturated heterocycles. The minimum Gasteiger partial charge on any atom is -0.314 e. The van der Waals surface area contributed by atoms with Crippen LogP contribution in [-0.4, -0.2) is 67.9 Å². The summed E-state index contributed by atoms with van der Waals surface area (Å²) in [5, 5.41) is 14.8. The summed E-state index contributed by atoms with van der Waals surface area (Å²) >= 11 is 0. The summed E-state index contributed by atoms with van der Waals surface area (Å²) in [4.78, 5) is 13.0. The smallest absolute Gasteiger partial charge is 0.292 e. The van der Waals surface area contributed by atoms with Gasteiger partial charge in [0, 0.05) is 50.9 Å². The maximum Gasteiger partial charge on any atom is 0.292 e. The molecule has 26 heavy (non-hydrogen) atoms. The predicted molar refractivity (Wildman–Crippen MR) is 101 cm³/mol. The lowest BCUT2D eigenvalue weighted by Crippen LogP contribution is -2.49. The number of nitrogens with one attached hydrogen (secondary N) is 1.